The minimum atomic E-state index is -0.0753. The van der Waals surface area contributed by atoms with Crippen molar-refractivity contribution in [1.29, 1.82) is 0 Å². The van der Waals surface area contributed by atoms with Gasteiger partial charge in [-0.15, -0.1) is 0 Å². The lowest BCUT2D eigenvalue weighted by molar-refractivity contribution is -0.122. The molecule has 114 valence electrons. The average molecular weight is 296 g/mol. The second kappa shape index (κ2) is 5.79. The van der Waals surface area contributed by atoms with Crippen LogP contribution in [0.5, 0.6) is 0 Å². The molecule has 3 rings (SSSR count). The van der Waals surface area contributed by atoms with Crippen LogP contribution < -0.4 is 10.7 Å². The van der Waals surface area contributed by atoms with E-state index in [0.717, 1.165) is 24.1 Å². The minimum absolute atomic E-state index is 0.0331. The van der Waals surface area contributed by atoms with Crippen molar-refractivity contribution in [2.24, 2.45) is 0 Å². The van der Waals surface area contributed by atoms with Crippen molar-refractivity contribution in [3.63, 3.8) is 0 Å². The molecule has 0 bridgehead atoms. The number of carbonyl (C=O) groups excluding carboxylic acids is 1. The van der Waals surface area contributed by atoms with Crippen molar-refractivity contribution >= 4 is 5.91 Å². The number of H-pyrrole nitrogens is 1. The normalized spacial score (nSPS) is 16.4. The highest BCUT2D eigenvalue weighted by molar-refractivity contribution is 5.84. The summed E-state index contributed by atoms with van der Waals surface area (Å²) in [5.41, 5.74) is 4.57. The fraction of sp³-hybridized carbons (Fsp3) is 0.333. The Balaban J connectivity index is 1.72. The first-order chi connectivity index (χ1) is 10.6. The Hall–Kier alpha value is -2.36. The number of carbonyl (C=O) groups is 1. The fourth-order valence-corrected chi connectivity index (χ4v) is 3.11. The predicted octanol–water partition coefficient (Wildman–Crippen LogP) is 2.34. The number of aromatic amines is 1. The van der Waals surface area contributed by atoms with E-state index in [4.69, 9.17) is 0 Å². The van der Waals surface area contributed by atoms with E-state index in [-0.39, 0.29) is 17.3 Å². The number of nitrogens with one attached hydrogen (secondary N) is 2. The van der Waals surface area contributed by atoms with E-state index in [1.54, 1.807) is 20.0 Å². The van der Waals surface area contributed by atoms with Crippen LogP contribution in [-0.2, 0) is 17.8 Å². The molecular weight excluding hydrogens is 276 g/mol. The van der Waals surface area contributed by atoms with Gasteiger partial charge in [0.15, 0.2) is 5.43 Å². The van der Waals surface area contributed by atoms with Crippen molar-refractivity contribution in [2.45, 2.75) is 39.2 Å². The van der Waals surface area contributed by atoms with Gasteiger partial charge in [-0.25, -0.2) is 0 Å². The van der Waals surface area contributed by atoms with Crippen LogP contribution in [0.1, 0.15) is 40.3 Å². The summed E-state index contributed by atoms with van der Waals surface area (Å²) in [6.07, 6.45) is 3.50. The molecule has 0 aliphatic heterocycles. The van der Waals surface area contributed by atoms with Crippen LogP contribution in [0, 0.1) is 13.8 Å². The monoisotopic (exact) mass is 296 g/mol. The van der Waals surface area contributed by atoms with Gasteiger partial charge in [-0.05, 0) is 37.8 Å². The number of rotatable bonds is 3. The molecule has 0 saturated heterocycles. The van der Waals surface area contributed by atoms with Gasteiger partial charge in [-0.2, -0.15) is 0 Å². The summed E-state index contributed by atoms with van der Waals surface area (Å²) >= 11 is 0. The number of aromatic nitrogens is 1. The molecule has 1 aliphatic carbocycles. The van der Waals surface area contributed by atoms with Crippen LogP contribution in [-0.4, -0.2) is 10.9 Å². The number of aryl methyl sites for hydroxylation is 2. The molecular formula is C18H20N2O2. The largest absolute Gasteiger partial charge is 0.363 e. The number of amides is 1. The van der Waals surface area contributed by atoms with Crippen molar-refractivity contribution in [3.05, 3.63) is 68.6 Å². The number of hydrogen-bond acceptors (Lipinski definition) is 2. The molecule has 0 radical (unpaired) electrons. The lowest BCUT2D eigenvalue weighted by Crippen LogP contribution is -2.29. The molecule has 2 N–H and O–H groups in total. The number of benzene rings is 1. The zero-order valence-electron chi connectivity index (χ0n) is 12.9. The maximum absolute atomic E-state index is 12.4. The molecule has 22 heavy (non-hydrogen) atoms. The molecule has 1 amide bonds. The first-order valence-corrected chi connectivity index (χ1v) is 7.61. The van der Waals surface area contributed by atoms with Crippen LogP contribution in [0.25, 0.3) is 0 Å². The van der Waals surface area contributed by atoms with E-state index in [1.807, 2.05) is 18.2 Å². The Morgan fingerprint density at radius 2 is 2.09 bits per heavy atom. The highest BCUT2D eigenvalue weighted by atomic mass is 16.1. The smallest absolute Gasteiger partial charge is 0.227 e. The average Bonchev–Trinajstić information content (AvgIpc) is 2.96. The van der Waals surface area contributed by atoms with Crippen LogP contribution in [0.15, 0.2) is 35.3 Å². The Morgan fingerprint density at radius 3 is 2.91 bits per heavy atom. The second-order valence-corrected chi connectivity index (χ2v) is 5.91. The highest BCUT2D eigenvalue weighted by Gasteiger charge is 2.27. The van der Waals surface area contributed by atoms with Gasteiger partial charge in [0.2, 0.25) is 5.91 Å². The maximum Gasteiger partial charge on any atom is 0.227 e. The third-order valence-corrected chi connectivity index (χ3v) is 4.50. The number of hydrogen-bond donors (Lipinski definition) is 2. The summed E-state index contributed by atoms with van der Waals surface area (Å²) in [6, 6.07) is 8.11. The standard InChI is InChI=1S/C18H20N2O2/c1-11-9-19-16(12(2)17(11)21)10-20-18(22)15-8-7-13-5-3-4-6-14(13)15/h3-6,9,15H,7-8,10H2,1-2H3,(H,19,21)(H,20,22). The predicted molar refractivity (Wildman–Crippen MR) is 85.9 cm³/mol. The summed E-state index contributed by atoms with van der Waals surface area (Å²) in [7, 11) is 0. The van der Waals surface area contributed by atoms with Gasteiger partial charge in [0.25, 0.3) is 0 Å². The third-order valence-electron chi connectivity index (χ3n) is 4.50. The van der Waals surface area contributed by atoms with Gasteiger partial charge in [0, 0.05) is 23.0 Å². The summed E-state index contributed by atoms with van der Waals surface area (Å²) < 4.78 is 0. The van der Waals surface area contributed by atoms with Gasteiger partial charge in [0.05, 0.1) is 12.5 Å². The molecule has 1 aromatic heterocycles. The molecule has 0 spiro atoms. The molecule has 4 heteroatoms. The van der Waals surface area contributed by atoms with E-state index in [1.165, 1.54) is 5.56 Å². The summed E-state index contributed by atoms with van der Waals surface area (Å²) in [5.74, 6) is -0.0422. The van der Waals surface area contributed by atoms with Crippen molar-refractivity contribution in [1.82, 2.24) is 10.3 Å². The van der Waals surface area contributed by atoms with Crippen molar-refractivity contribution in [3.8, 4) is 0 Å². The van der Waals surface area contributed by atoms with Crippen LogP contribution >= 0.6 is 0 Å². The highest BCUT2D eigenvalue weighted by Crippen LogP contribution is 2.32. The third kappa shape index (κ3) is 2.56. The molecule has 1 aliphatic rings. The molecule has 2 aromatic rings. The zero-order valence-corrected chi connectivity index (χ0v) is 12.9. The van der Waals surface area contributed by atoms with E-state index < -0.39 is 0 Å². The SMILES string of the molecule is Cc1c[nH]c(CNC(=O)C2CCc3ccccc32)c(C)c1=O. The first-order valence-electron chi connectivity index (χ1n) is 7.61. The quantitative estimate of drug-likeness (QED) is 0.913. The van der Waals surface area contributed by atoms with Crippen molar-refractivity contribution < 1.29 is 4.79 Å². The second-order valence-electron chi connectivity index (χ2n) is 5.91. The molecule has 1 unspecified atom stereocenters. The summed E-state index contributed by atoms with van der Waals surface area (Å²) in [4.78, 5) is 27.5. The van der Waals surface area contributed by atoms with Crippen LogP contribution in [0.3, 0.4) is 0 Å². The molecule has 1 aromatic carbocycles. The van der Waals surface area contributed by atoms with E-state index >= 15 is 0 Å². The Labute approximate surface area is 129 Å². The molecule has 0 saturated carbocycles. The zero-order chi connectivity index (χ0) is 15.7. The van der Waals surface area contributed by atoms with Gasteiger partial charge in [-0.1, -0.05) is 24.3 Å². The van der Waals surface area contributed by atoms with E-state index in [2.05, 4.69) is 16.4 Å². The summed E-state index contributed by atoms with van der Waals surface area (Å²) in [6.45, 7) is 3.93. The van der Waals surface area contributed by atoms with E-state index in [9.17, 15) is 9.59 Å². The Bertz CT molecular complexity index is 777. The lowest BCUT2D eigenvalue weighted by Gasteiger charge is -2.13. The maximum atomic E-state index is 12.4. The van der Waals surface area contributed by atoms with Gasteiger partial charge >= 0.3 is 0 Å². The topological polar surface area (TPSA) is 62.0 Å². The number of pyridine rings is 1. The van der Waals surface area contributed by atoms with Crippen LogP contribution in [0.2, 0.25) is 0 Å². The Morgan fingerprint density at radius 1 is 1.32 bits per heavy atom. The number of fused-ring (bicyclic) bond motifs is 1. The lowest BCUT2D eigenvalue weighted by atomic mass is 10.0. The molecule has 1 atom stereocenters. The van der Waals surface area contributed by atoms with Gasteiger partial charge in [-0.3, -0.25) is 9.59 Å². The fourth-order valence-electron chi connectivity index (χ4n) is 3.11. The van der Waals surface area contributed by atoms with Gasteiger partial charge < -0.3 is 10.3 Å². The van der Waals surface area contributed by atoms with Crippen LogP contribution in [0.4, 0.5) is 0 Å². The molecule has 0 fully saturated rings. The van der Waals surface area contributed by atoms with Crippen molar-refractivity contribution in [2.75, 3.05) is 0 Å². The summed E-state index contributed by atoms with van der Waals surface area (Å²) in [5, 5.41) is 2.96. The minimum Gasteiger partial charge on any atom is -0.363 e. The van der Waals surface area contributed by atoms with E-state index in [0.29, 0.717) is 17.7 Å². The van der Waals surface area contributed by atoms with Gasteiger partial charge in [0.1, 0.15) is 0 Å². The molecule has 1 heterocycles. The molecule has 4 nitrogen and oxygen atoms in total. The first kappa shape index (κ1) is 14.6. The Kier molecular flexibility index (Phi) is 3.84.